The normalized spacial score (nSPS) is 15.4. The van der Waals surface area contributed by atoms with Gasteiger partial charge in [-0.2, -0.15) is 4.98 Å². The molecule has 0 saturated heterocycles. The van der Waals surface area contributed by atoms with Crippen molar-refractivity contribution in [3.05, 3.63) is 16.5 Å². The molecule has 17 heavy (non-hydrogen) atoms. The molecule has 4 heteroatoms. The van der Waals surface area contributed by atoms with Gasteiger partial charge in [0.1, 0.15) is 11.0 Å². The van der Waals surface area contributed by atoms with E-state index in [1.807, 2.05) is 6.92 Å². The number of nitrogens with zero attached hydrogens (tertiary/aromatic N) is 2. The van der Waals surface area contributed by atoms with Crippen molar-refractivity contribution >= 4 is 11.6 Å². The van der Waals surface area contributed by atoms with E-state index in [9.17, 15) is 0 Å². The van der Waals surface area contributed by atoms with E-state index in [-0.39, 0.29) is 5.92 Å². The fourth-order valence-corrected chi connectivity index (χ4v) is 1.78. The fourth-order valence-electron chi connectivity index (χ4n) is 1.61. The largest absolute Gasteiger partial charge is 0.477 e. The zero-order valence-corrected chi connectivity index (χ0v) is 11.4. The lowest BCUT2D eigenvalue weighted by Crippen LogP contribution is -2.06. The van der Waals surface area contributed by atoms with Gasteiger partial charge in [0.15, 0.2) is 0 Å². The number of halogens is 1. The SMILES string of the molecule is Cc1c(Cl)nc(C(C)C)nc1OCCC1CC1. The Morgan fingerprint density at radius 2 is 2.06 bits per heavy atom. The van der Waals surface area contributed by atoms with E-state index >= 15 is 0 Å². The van der Waals surface area contributed by atoms with Crippen molar-refractivity contribution in [2.75, 3.05) is 6.61 Å². The summed E-state index contributed by atoms with van der Waals surface area (Å²) in [6, 6.07) is 0. The minimum Gasteiger partial charge on any atom is -0.477 e. The third kappa shape index (κ3) is 3.32. The second-order valence-corrected chi connectivity index (χ2v) is 5.40. The molecule has 1 aliphatic rings. The summed E-state index contributed by atoms with van der Waals surface area (Å²) in [6.45, 7) is 6.74. The van der Waals surface area contributed by atoms with Crippen LogP contribution in [0.15, 0.2) is 0 Å². The van der Waals surface area contributed by atoms with E-state index in [1.54, 1.807) is 0 Å². The van der Waals surface area contributed by atoms with E-state index in [1.165, 1.54) is 12.8 Å². The molecular weight excluding hydrogens is 236 g/mol. The van der Waals surface area contributed by atoms with Crippen molar-refractivity contribution in [2.45, 2.75) is 46.0 Å². The molecule has 0 aromatic carbocycles. The first-order chi connectivity index (χ1) is 8.08. The molecule has 0 N–H and O–H groups in total. The van der Waals surface area contributed by atoms with Gasteiger partial charge in [-0.3, -0.25) is 0 Å². The molecular formula is C13H19ClN2O. The summed E-state index contributed by atoms with van der Waals surface area (Å²) < 4.78 is 5.72. The maximum absolute atomic E-state index is 6.09. The molecule has 2 rings (SSSR count). The topological polar surface area (TPSA) is 35.0 Å². The predicted octanol–water partition coefficient (Wildman–Crippen LogP) is 3.74. The van der Waals surface area contributed by atoms with Gasteiger partial charge in [-0.05, 0) is 19.3 Å². The van der Waals surface area contributed by atoms with Crippen LogP contribution in [0.3, 0.4) is 0 Å². The highest BCUT2D eigenvalue weighted by atomic mass is 35.5. The van der Waals surface area contributed by atoms with E-state index in [2.05, 4.69) is 23.8 Å². The lowest BCUT2D eigenvalue weighted by atomic mass is 10.2. The minimum atomic E-state index is 0.263. The number of aromatic nitrogens is 2. The van der Waals surface area contributed by atoms with Crippen molar-refractivity contribution in [2.24, 2.45) is 5.92 Å². The van der Waals surface area contributed by atoms with Crippen LogP contribution < -0.4 is 4.74 Å². The standard InChI is InChI=1S/C13H19ClN2O/c1-8(2)12-15-11(14)9(3)13(16-12)17-7-6-10-4-5-10/h8,10H,4-7H2,1-3H3. The van der Waals surface area contributed by atoms with Gasteiger partial charge in [-0.25, -0.2) is 4.98 Å². The summed E-state index contributed by atoms with van der Waals surface area (Å²) in [5.41, 5.74) is 0.840. The van der Waals surface area contributed by atoms with Crippen molar-refractivity contribution in [1.29, 1.82) is 0 Å². The van der Waals surface area contributed by atoms with Gasteiger partial charge < -0.3 is 4.74 Å². The Hall–Kier alpha value is -0.830. The predicted molar refractivity (Wildman–Crippen MR) is 68.7 cm³/mol. The third-order valence-corrected chi connectivity index (χ3v) is 3.41. The van der Waals surface area contributed by atoms with Crippen LogP contribution in [0.4, 0.5) is 0 Å². The highest BCUT2D eigenvalue weighted by Gasteiger charge is 2.21. The molecule has 0 aliphatic heterocycles. The Kier molecular flexibility index (Phi) is 3.87. The quantitative estimate of drug-likeness (QED) is 0.751. The fraction of sp³-hybridized carbons (Fsp3) is 0.692. The summed E-state index contributed by atoms with van der Waals surface area (Å²) in [7, 11) is 0. The van der Waals surface area contributed by atoms with Gasteiger partial charge in [-0.1, -0.05) is 38.3 Å². The van der Waals surface area contributed by atoms with Crippen molar-refractivity contribution in [3.63, 3.8) is 0 Å². The van der Waals surface area contributed by atoms with Gasteiger partial charge in [0, 0.05) is 11.5 Å². The lowest BCUT2D eigenvalue weighted by molar-refractivity contribution is 0.287. The van der Waals surface area contributed by atoms with Crippen LogP contribution in [0.1, 0.15) is 50.4 Å². The smallest absolute Gasteiger partial charge is 0.221 e. The summed E-state index contributed by atoms with van der Waals surface area (Å²) in [4.78, 5) is 8.69. The van der Waals surface area contributed by atoms with Crippen LogP contribution in [0.25, 0.3) is 0 Å². The van der Waals surface area contributed by atoms with Crippen molar-refractivity contribution in [1.82, 2.24) is 9.97 Å². The number of hydrogen-bond donors (Lipinski definition) is 0. The van der Waals surface area contributed by atoms with E-state index in [0.29, 0.717) is 11.0 Å². The van der Waals surface area contributed by atoms with E-state index < -0.39 is 0 Å². The Morgan fingerprint density at radius 1 is 1.35 bits per heavy atom. The molecule has 0 bridgehead atoms. The van der Waals surface area contributed by atoms with E-state index in [4.69, 9.17) is 16.3 Å². The van der Waals surface area contributed by atoms with Gasteiger partial charge in [0.05, 0.1) is 6.61 Å². The number of hydrogen-bond acceptors (Lipinski definition) is 3. The first-order valence-corrected chi connectivity index (χ1v) is 6.62. The zero-order valence-electron chi connectivity index (χ0n) is 10.7. The first kappa shape index (κ1) is 12.6. The maximum Gasteiger partial charge on any atom is 0.221 e. The van der Waals surface area contributed by atoms with Crippen LogP contribution in [0.5, 0.6) is 5.88 Å². The molecule has 0 amide bonds. The average Bonchev–Trinajstić information content (AvgIpc) is 3.07. The minimum absolute atomic E-state index is 0.263. The molecule has 94 valence electrons. The van der Waals surface area contributed by atoms with Crippen LogP contribution in [-0.4, -0.2) is 16.6 Å². The Bertz CT molecular complexity index is 403. The molecule has 3 nitrogen and oxygen atoms in total. The summed E-state index contributed by atoms with van der Waals surface area (Å²) in [5.74, 6) is 2.53. The average molecular weight is 255 g/mol. The molecule has 0 atom stereocenters. The third-order valence-electron chi connectivity index (χ3n) is 3.04. The molecule has 0 unspecified atom stereocenters. The molecule has 1 aliphatic carbocycles. The molecule has 1 fully saturated rings. The van der Waals surface area contributed by atoms with Crippen LogP contribution in [-0.2, 0) is 0 Å². The second kappa shape index (κ2) is 5.21. The number of rotatable bonds is 5. The van der Waals surface area contributed by atoms with Gasteiger partial charge >= 0.3 is 0 Å². The molecule has 1 heterocycles. The molecule has 0 radical (unpaired) electrons. The maximum atomic E-state index is 6.09. The Balaban J connectivity index is 2.06. The first-order valence-electron chi connectivity index (χ1n) is 6.24. The number of ether oxygens (including phenoxy) is 1. The summed E-state index contributed by atoms with van der Waals surface area (Å²) in [6.07, 6.45) is 3.83. The van der Waals surface area contributed by atoms with Crippen LogP contribution in [0, 0.1) is 12.8 Å². The van der Waals surface area contributed by atoms with Gasteiger partial charge in [-0.15, -0.1) is 0 Å². The summed E-state index contributed by atoms with van der Waals surface area (Å²) in [5, 5.41) is 0.505. The van der Waals surface area contributed by atoms with Crippen LogP contribution >= 0.6 is 11.6 Å². The Labute approximate surface area is 108 Å². The van der Waals surface area contributed by atoms with Crippen LogP contribution in [0.2, 0.25) is 5.15 Å². The van der Waals surface area contributed by atoms with E-state index in [0.717, 1.165) is 30.3 Å². The van der Waals surface area contributed by atoms with Gasteiger partial charge in [0.25, 0.3) is 0 Å². The highest BCUT2D eigenvalue weighted by Crippen LogP contribution is 2.32. The van der Waals surface area contributed by atoms with Crippen molar-refractivity contribution in [3.8, 4) is 5.88 Å². The molecule has 1 aromatic heterocycles. The molecule has 0 spiro atoms. The second-order valence-electron chi connectivity index (χ2n) is 5.04. The molecule has 1 saturated carbocycles. The zero-order chi connectivity index (χ0) is 12.4. The highest BCUT2D eigenvalue weighted by molar-refractivity contribution is 6.30. The van der Waals surface area contributed by atoms with Crippen molar-refractivity contribution < 1.29 is 4.74 Å². The lowest BCUT2D eigenvalue weighted by Gasteiger charge is -2.12. The Morgan fingerprint density at radius 3 is 2.65 bits per heavy atom. The van der Waals surface area contributed by atoms with Gasteiger partial charge in [0.2, 0.25) is 5.88 Å². The molecule has 1 aromatic rings. The monoisotopic (exact) mass is 254 g/mol. The summed E-state index contributed by atoms with van der Waals surface area (Å²) >= 11 is 6.09.